The minimum Gasteiger partial charge on any atom is -0.478 e. The predicted molar refractivity (Wildman–Crippen MR) is 80.0 cm³/mol. The number of nitrogens with two attached hydrogens (primary N) is 1. The van der Waals surface area contributed by atoms with Gasteiger partial charge in [-0.15, -0.1) is 0 Å². The Morgan fingerprint density at radius 3 is 2.76 bits per heavy atom. The number of anilines is 2. The number of carboxylic acid groups (broad SMARTS) is 1. The summed E-state index contributed by atoms with van der Waals surface area (Å²) in [6, 6.07) is 2.76. The van der Waals surface area contributed by atoms with E-state index in [0.717, 1.165) is 18.4 Å². The second kappa shape index (κ2) is 5.20. The maximum Gasteiger partial charge on any atom is 0.340 e. The molecule has 0 heterocycles. The van der Waals surface area contributed by atoms with Gasteiger partial charge in [-0.3, -0.25) is 0 Å². The highest BCUT2D eigenvalue weighted by Crippen LogP contribution is 2.48. The molecule has 4 nitrogen and oxygen atoms in total. The van der Waals surface area contributed by atoms with Crippen LogP contribution in [0.2, 0.25) is 0 Å². The van der Waals surface area contributed by atoms with E-state index in [1.165, 1.54) is 37.8 Å². The third-order valence-electron chi connectivity index (χ3n) is 5.19. The van der Waals surface area contributed by atoms with Gasteiger partial charge in [0.2, 0.25) is 0 Å². The number of nitrogens with zero attached hydrogens (tertiary/aromatic N) is 1. The molecule has 0 radical (unpaired) electrons. The highest BCUT2D eigenvalue weighted by molar-refractivity contribution is 6.00. The third-order valence-corrected chi connectivity index (χ3v) is 5.19. The number of halogens is 1. The molecule has 3 unspecified atom stereocenters. The average molecular weight is 292 g/mol. The molecular formula is C16H21FN2O2. The summed E-state index contributed by atoms with van der Waals surface area (Å²) in [6.07, 6.45) is 5.18. The van der Waals surface area contributed by atoms with E-state index in [2.05, 4.69) is 0 Å². The van der Waals surface area contributed by atoms with Gasteiger partial charge < -0.3 is 15.7 Å². The minimum atomic E-state index is -1.18. The van der Waals surface area contributed by atoms with Gasteiger partial charge in [0.15, 0.2) is 0 Å². The van der Waals surface area contributed by atoms with Crippen LogP contribution in [0, 0.1) is 23.6 Å². The van der Waals surface area contributed by atoms with Crippen molar-refractivity contribution in [3.63, 3.8) is 0 Å². The molecule has 0 spiro atoms. The molecule has 3 N–H and O–H groups in total. The smallest absolute Gasteiger partial charge is 0.340 e. The van der Waals surface area contributed by atoms with Crippen molar-refractivity contribution in [2.24, 2.45) is 17.8 Å². The van der Waals surface area contributed by atoms with Gasteiger partial charge in [0, 0.05) is 13.6 Å². The first kappa shape index (κ1) is 14.2. The second-order valence-electron chi connectivity index (χ2n) is 6.48. The number of fused-ring (bicyclic) bond motifs is 2. The highest BCUT2D eigenvalue weighted by Gasteiger charge is 2.40. The summed E-state index contributed by atoms with van der Waals surface area (Å²) in [5, 5.41) is 9.31. The number of benzene rings is 1. The predicted octanol–water partition coefficient (Wildman–Crippen LogP) is 2.98. The first-order chi connectivity index (χ1) is 9.97. The Balaban J connectivity index is 1.83. The molecule has 3 atom stereocenters. The Labute approximate surface area is 123 Å². The SMILES string of the molecule is CN(CC1CC2CCC1C2)c1ccc(F)c(N)c1C(=O)O. The second-order valence-corrected chi connectivity index (χ2v) is 6.48. The van der Waals surface area contributed by atoms with Crippen LogP contribution in [0.5, 0.6) is 0 Å². The molecule has 2 saturated carbocycles. The van der Waals surface area contributed by atoms with E-state index in [-0.39, 0.29) is 11.3 Å². The van der Waals surface area contributed by atoms with Crippen LogP contribution < -0.4 is 10.6 Å². The lowest BCUT2D eigenvalue weighted by molar-refractivity contribution is 0.0698. The van der Waals surface area contributed by atoms with E-state index in [4.69, 9.17) is 5.73 Å². The fraction of sp³-hybridized carbons (Fsp3) is 0.562. The summed E-state index contributed by atoms with van der Waals surface area (Å²) < 4.78 is 13.5. The molecule has 0 amide bonds. The molecule has 2 bridgehead atoms. The van der Waals surface area contributed by atoms with Crippen molar-refractivity contribution in [1.29, 1.82) is 0 Å². The van der Waals surface area contributed by atoms with Gasteiger partial charge in [0.25, 0.3) is 0 Å². The standard InChI is InChI=1S/C16H21FN2O2/c1-19(8-11-7-9-2-3-10(11)6-9)13-5-4-12(17)15(18)14(13)16(20)21/h4-5,9-11H,2-3,6-8,18H2,1H3,(H,20,21). The molecular weight excluding hydrogens is 271 g/mol. The lowest BCUT2D eigenvalue weighted by Crippen LogP contribution is -2.30. The fourth-order valence-electron chi connectivity index (χ4n) is 4.18. The number of aromatic carboxylic acids is 1. The largest absolute Gasteiger partial charge is 0.478 e. The molecule has 0 aliphatic heterocycles. The van der Waals surface area contributed by atoms with Crippen molar-refractivity contribution in [2.45, 2.75) is 25.7 Å². The van der Waals surface area contributed by atoms with Crippen LogP contribution >= 0.6 is 0 Å². The van der Waals surface area contributed by atoms with Crippen molar-refractivity contribution in [1.82, 2.24) is 0 Å². The van der Waals surface area contributed by atoms with Crippen molar-refractivity contribution >= 4 is 17.3 Å². The van der Waals surface area contributed by atoms with Gasteiger partial charge in [-0.05, 0) is 49.1 Å². The van der Waals surface area contributed by atoms with Gasteiger partial charge in [-0.2, -0.15) is 0 Å². The van der Waals surface area contributed by atoms with Crippen molar-refractivity contribution in [3.05, 3.63) is 23.5 Å². The maximum absolute atomic E-state index is 13.5. The van der Waals surface area contributed by atoms with Crippen LogP contribution in [-0.2, 0) is 0 Å². The Morgan fingerprint density at radius 2 is 2.19 bits per heavy atom. The molecule has 5 heteroatoms. The van der Waals surface area contributed by atoms with Crippen molar-refractivity contribution in [2.75, 3.05) is 24.2 Å². The van der Waals surface area contributed by atoms with Gasteiger partial charge in [0.1, 0.15) is 11.4 Å². The van der Waals surface area contributed by atoms with Crippen LogP contribution in [0.15, 0.2) is 12.1 Å². The molecule has 21 heavy (non-hydrogen) atoms. The van der Waals surface area contributed by atoms with Gasteiger partial charge in [0.05, 0.1) is 11.4 Å². The van der Waals surface area contributed by atoms with E-state index in [1.807, 2.05) is 11.9 Å². The molecule has 1 aromatic carbocycles. The van der Waals surface area contributed by atoms with E-state index in [1.54, 1.807) is 0 Å². The van der Waals surface area contributed by atoms with Crippen molar-refractivity contribution in [3.8, 4) is 0 Å². The van der Waals surface area contributed by atoms with Crippen LogP contribution in [0.3, 0.4) is 0 Å². The highest BCUT2D eigenvalue weighted by atomic mass is 19.1. The summed E-state index contributed by atoms with van der Waals surface area (Å²) in [5.74, 6) is 0.377. The zero-order valence-corrected chi connectivity index (χ0v) is 12.2. The Kier molecular flexibility index (Phi) is 3.51. The molecule has 2 fully saturated rings. The van der Waals surface area contributed by atoms with Gasteiger partial charge in [-0.1, -0.05) is 6.42 Å². The first-order valence-electron chi connectivity index (χ1n) is 7.49. The molecule has 0 saturated heterocycles. The Bertz CT molecular complexity index is 576. The fourth-order valence-corrected chi connectivity index (χ4v) is 4.18. The van der Waals surface area contributed by atoms with Crippen LogP contribution in [0.1, 0.15) is 36.0 Å². The van der Waals surface area contributed by atoms with Crippen molar-refractivity contribution < 1.29 is 14.3 Å². The number of rotatable bonds is 4. The monoisotopic (exact) mass is 292 g/mol. The molecule has 2 aliphatic rings. The number of hydrogen-bond donors (Lipinski definition) is 2. The number of carboxylic acids is 1. The van der Waals surface area contributed by atoms with E-state index >= 15 is 0 Å². The Morgan fingerprint density at radius 1 is 1.43 bits per heavy atom. The molecule has 2 aliphatic carbocycles. The summed E-state index contributed by atoms with van der Waals surface area (Å²) >= 11 is 0. The minimum absolute atomic E-state index is 0.124. The average Bonchev–Trinajstić information content (AvgIpc) is 3.03. The topological polar surface area (TPSA) is 66.6 Å². The normalized spacial score (nSPS) is 27.0. The quantitative estimate of drug-likeness (QED) is 0.837. The van der Waals surface area contributed by atoms with Crippen LogP contribution in [-0.4, -0.2) is 24.7 Å². The van der Waals surface area contributed by atoms with E-state index in [0.29, 0.717) is 11.6 Å². The maximum atomic E-state index is 13.5. The van der Waals surface area contributed by atoms with Gasteiger partial charge >= 0.3 is 5.97 Å². The molecule has 1 aromatic rings. The molecule has 114 valence electrons. The zero-order chi connectivity index (χ0) is 15.1. The first-order valence-corrected chi connectivity index (χ1v) is 7.49. The number of carbonyl (C=O) groups is 1. The zero-order valence-electron chi connectivity index (χ0n) is 12.2. The van der Waals surface area contributed by atoms with Gasteiger partial charge in [-0.25, -0.2) is 9.18 Å². The number of nitrogen functional groups attached to an aromatic ring is 1. The van der Waals surface area contributed by atoms with E-state index in [9.17, 15) is 14.3 Å². The number of hydrogen-bond acceptors (Lipinski definition) is 3. The lowest BCUT2D eigenvalue weighted by Gasteiger charge is -2.29. The molecule has 0 aromatic heterocycles. The summed E-state index contributed by atoms with van der Waals surface area (Å²) in [4.78, 5) is 13.3. The summed E-state index contributed by atoms with van der Waals surface area (Å²) in [7, 11) is 1.87. The van der Waals surface area contributed by atoms with Crippen LogP contribution in [0.25, 0.3) is 0 Å². The molecule has 3 rings (SSSR count). The lowest BCUT2D eigenvalue weighted by atomic mass is 9.88. The van der Waals surface area contributed by atoms with E-state index < -0.39 is 11.8 Å². The van der Waals surface area contributed by atoms with Crippen LogP contribution in [0.4, 0.5) is 15.8 Å². The summed E-state index contributed by atoms with van der Waals surface area (Å²) in [5.41, 5.74) is 5.71. The third kappa shape index (κ3) is 2.45. The Hall–Kier alpha value is -1.78. The summed E-state index contributed by atoms with van der Waals surface area (Å²) in [6.45, 7) is 0.812.